The van der Waals surface area contributed by atoms with Crippen LogP contribution < -0.4 is 10.2 Å². The number of piperidine rings is 1. The topological polar surface area (TPSA) is 49.4 Å². The molecule has 2 aromatic rings. The van der Waals surface area contributed by atoms with Crippen LogP contribution in [0, 0.1) is 0 Å². The second kappa shape index (κ2) is 5.88. The Hall–Kier alpha value is -2.33. The number of carbonyl (C=O) groups is 2. The fourth-order valence-electron chi connectivity index (χ4n) is 4.12. The second-order valence-corrected chi connectivity index (χ2v) is 7.17. The van der Waals surface area contributed by atoms with Crippen molar-refractivity contribution >= 4 is 34.7 Å². The van der Waals surface area contributed by atoms with Gasteiger partial charge in [0.1, 0.15) is 0 Å². The summed E-state index contributed by atoms with van der Waals surface area (Å²) in [5.41, 5.74) is 2.99. The molecular weight excluding hydrogens is 336 g/mol. The Morgan fingerprint density at radius 1 is 1.12 bits per heavy atom. The van der Waals surface area contributed by atoms with Crippen molar-refractivity contribution in [3.05, 3.63) is 58.6 Å². The number of ketones is 1. The maximum atomic E-state index is 12.7. The second-order valence-electron chi connectivity index (χ2n) is 6.76. The smallest absolute Gasteiger partial charge is 0.235 e. The van der Waals surface area contributed by atoms with E-state index in [4.69, 9.17) is 11.6 Å². The van der Waals surface area contributed by atoms with E-state index in [9.17, 15) is 9.59 Å². The number of benzene rings is 2. The average Bonchev–Trinajstić information content (AvgIpc) is 2.87. The number of hydrogen-bond donors (Lipinski definition) is 1. The normalized spacial score (nSPS) is 18.2. The van der Waals surface area contributed by atoms with Gasteiger partial charge in [-0.2, -0.15) is 0 Å². The van der Waals surface area contributed by atoms with Crippen LogP contribution in [0.15, 0.2) is 42.5 Å². The van der Waals surface area contributed by atoms with Crippen molar-refractivity contribution in [1.29, 1.82) is 0 Å². The molecule has 25 heavy (non-hydrogen) atoms. The van der Waals surface area contributed by atoms with Crippen molar-refractivity contribution in [3.63, 3.8) is 0 Å². The molecule has 1 saturated heterocycles. The molecule has 5 heteroatoms. The molecule has 4 nitrogen and oxygen atoms in total. The van der Waals surface area contributed by atoms with E-state index in [-0.39, 0.29) is 11.7 Å². The van der Waals surface area contributed by atoms with Crippen LogP contribution in [0.3, 0.4) is 0 Å². The molecule has 1 spiro atoms. The van der Waals surface area contributed by atoms with Gasteiger partial charge in [0.15, 0.2) is 5.78 Å². The number of Topliss-reactive ketones (excluding diaryl/α,β-unsaturated/α-hetero) is 1. The third-order valence-corrected chi connectivity index (χ3v) is 5.74. The van der Waals surface area contributed by atoms with Crippen LogP contribution in [0.4, 0.5) is 11.4 Å². The zero-order valence-corrected chi connectivity index (χ0v) is 14.8. The number of amides is 1. The molecule has 2 heterocycles. The largest absolute Gasteiger partial charge is 0.371 e. The van der Waals surface area contributed by atoms with Gasteiger partial charge in [-0.05, 0) is 43.5 Å². The molecule has 2 aromatic carbocycles. The van der Waals surface area contributed by atoms with E-state index < -0.39 is 5.41 Å². The predicted octanol–water partition coefficient (Wildman–Crippen LogP) is 4.03. The lowest BCUT2D eigenvalue weighted by Crippen LogP contribution is -2.46. The minimum atomic E-state index is -0.456. The molecule has 0 unspecified atom stereocenters. The maximum absolute atomic E-state index is 12.7. The van der Waals surface area contributed by atoms with E-state index in [0.29, 0.717) is 23.7 Å². The molecule has 1 N–H and O–H groups in total. The highest BCUT2D eigenvalue weighted by molar-refractivity contribution is 6.34. The first-order valence-electron chi connectivity index (χ1n) is 8.48. The fraction of sp³-hybridized carbons (Fsp3) is 0.300. The fourth-order valence-corrected chi connectivity index (χ4v) is 4.43. The van der Waals surface area contributed by atoms with E-state index in [1.807, 2.05) is 36.4 Å². The van der Waals surface area contributed by atoms with Gasteiger partial charge in [0, 0.05) is 24.5 Å². The molecule has 4 rings (SSSR count). The van der Waals surface area contributed by atoms with Gasteiger partial charge in [0.25, 0.3) is 0 Å². The van der Waals surface area contributed by atoms with Crippen LogP contribution in [-0.2, 0) is 10.2 Å². The number of hydrogen-bond acceptors (Lipinski definition) is 3. The van der Waals surface area contributed by atoms with Gasteiger partial charge in [0.2, 0.25) is 5.91 Å². The first-order chi connectivity index (χ1) is 12.0. The molecule has 0 aliphatic carbocycles. The quantitative estimate of drug-likeness (QED) is 0.828. The summed E-state index contributed by atoms with van der Waals surface area (Å²) in [7, 11) is 0. The maximum Gasteiger partial charge on any atom is 0.235 e. The summed E-state index contributed by atoms with van der Waals surface area (Å²) >= 11 is 6.24. The molecule has 1 amide bonds. The van der Waals surface area contributed by atoms with Crippen molar-refractivity contribution in [3.8, 4) is 0 Å². The van der Waals surface area contributed by atoms with Gasteiger partial charge in [-0.25, -0.2) is 0 Å². The third kappa shape index (κ3) is 2.44. The Kier molecular flexibility index (Phi) is 3.80. The number of rotatable bonds is 2. The number of carbonyl (C=O) groups excluding carboxylic acids is 2. The van der Waals surface area contributed by atoms with Gasteiger partial charge >= 0.3 is 0 Å². The Bertz CT molecular complexity index is 870. The van der Waals surface area contributed by atoms with Gasteiger partial charge in [-0.15, -0.1) is 0 Å². The third-order valence-electron chi connectivity index (χ3n) is 5.43. The number of para-hydroxylation sites is 1. The Morgan fingerprint density at radius 3 is 2.56 bits per heavy atom. The van der Waals surface area contributed by atoms with Crippen LogP contribution in [0.2, 0.25) is 5.02 Å². The highest BCUT2D eigenvalue weighted by atomic mass is 35.5. The molecule has 0 bridgehead atoms. The van der Waals surface area contributed by atoms with Crippen LogP contribution >= 0.6 is 11.6 Å². The van der Waals surface area contributed by atoms with E-state index in [1.54, 1.807) is 6.07 Å². The average molecular weight is 355 g/mol. The van der Waals surface area contributed by atoms with Crippen LogP contribution in [0.1, 0.15) is 35.7 Å². The summed E-state index contributed by atoms with van der Waals surface area (Å²) in [6.07, 6.45) is 1.44. The van der Waals surface area contributed by atoms with Gasteiger partial charge in [-0.3, -0.25) is 9.59 Å². The molecule has 0 atom stereocenters. The zero-order chi connectivity index (χ0) is 17.6. The minimum absolute atomic E-state index is 0.0372. The molecule has 2 aliphatic heterocycles. The number of fused-ring (bicyclic) bond motifs is 2. The van der Waals surface area contributed by atoms with Crippen LogP contribution in [0.25, 0.3) is 0 Å². The SMILES string of the molecule is CC(=O)c1c(Cl)cccc1N1CCC2(CC1)C(=O)Nc1ccccc12. The Labute approximate surface area is 151 Å². The van der Waals surface area contributed by atoms with Gasteiger partial charge in [-0.1, -0.05) is 35.9 Å². The van der Waals surface area contributed by atoms with Crippen LogP contribution in [-0.4, -0.2) is 24.8 Å². The summed E-state index contributed by atoms with van der Waals surface area (Å²) in [6.45, 7) is 2.96. The Morgan fingerprint density at radius 2 is 1.84 bits per heavy atom. The summed E-state index contributed by atoms with van der Waals surface area (Å²) < 4.78 is 0. The number of halogens is 1. The lowest BCUT2D eigenvalue weighted by atomic mass is 9.73. The first kappa shape index (κ1) is 16.2. The summed E-state index contributed by atoms with van der Waals surface area (Å²) in [5.74, 6) is 0.0519. The summed E-state index contributed by atoms with van der Waals surface area (Å²) in [4.78, 5) is 26.9. The van der Waals surface area contributed by atoms with E-state index in [1.165, 1.54) is 6.92 Å². The van der Waals surface area contributed by atoms with Crippen molar-refractivity contribution in [1.82, 2.24) is 0 Å². The van der Waals surface area contributed by atoms with Crippen molar-refractivity contribution < 1.29 is 9.59 Å². The standard InChI is InChI=1S/C20H19ClN2O2/c1-13(24)18-15(21)6-4-8-17(18)23-11-9-20(10-12-23)14-5-2-3-7-16(14)22-19(20)25/h2-8H,9-12H2,1H3,(H,22,25). The predicted molar refractivity (Wildman–Crippen MR) is 99.7 cm³/mol. The highest BCUT2D eigenvalue weighted by Crippen LogP contribution is 2.45. The number of nitrogens with zero attached hydrogens (tertiary/aromatic N) is 1. The lowest BCUT2D eigenvalue weighted by Gasteiger charge is -2.39. The highest BCUT2D eigenvalue weighted by Gasteiger charge is 2.48. The van der Waals surface area contributed by atoms with Crippen molar-refractivity contribution in [2.45, 2.75) is 25.2 Å². The lowest BCUT2D eigenvalue weighted by molar-refractivity contribution is -0.121. The minimum Gasteiger partial charge on any atom is -0.371 e. The molecule has 128 valence electrons. The van der Waals surface area contributed by atoms with E-state index in [2.05, 4.69) is 10.2 Å². The molecule has 0 aromatic heterocycles. The first-order valence-corrected chi connectivity index (χ1v) is 8.86. The van der Waals surface area contributed by atoms with Gasteiger partial charge in [0.05, 0.1) is 16.0 Å². The molecule has 0 saturated carbocycles. The van der Waals surface area contributed by atoms with E-state index in [0.717, 1.165) is 29.8 Å². The number of anilines is 2. The van der Waals surface area contributed by atoms with Crippen LogP contribution in [0.5, 0.6) is 0 Å². The number of nitrogens with one attached hydrogen (secondary N) is 1. The van der Waals surface area contributed by atoms with E-state index >= 15 is 0 Å². The molecule has 2 aliphatic rings. The molecule has 1 fully saturated rings. The zero-order valence-electron chi connectivity index (χ0n) is 14.0. The van der Waals surface area contributed by atoms with Gasteiger partial charge < -0.3 is 10.2 Å². The Balaban J connectivity index is 1.64. The summed E-state index contributed by atoms with van der Waals surface area (Å²) in [6, 6.07) is 13.5. The molecule has 0 radical (unpaired) electrons. The summed E-state index contributed by atoms with van der Waals surface area (Å²) in [5, 5.41) is 3.50. The molecular formula is C20H19ClN2O2. The van der Waals surface area contributed by atoms with Crippen molar-refractivity contribution in [2.75, 3.05) is 23.3 Å². The monoisotopic (exact) mass is 354 g/mol. The van der Waals surface area contributed by atoms with Crippen molar-refractivity contribution in [2.24, 2.45) is 0 Å².